The molecule has 108 valence electrons. The third kappa shape index (κ3) is 3.70. The van der Waals surface area contributed by atoms with E-state index in [4.69, 9.17) is 10.5 Å². The van der Waals surface area contributed by atoms with Crippen LogP contribution in [-0.4, -0.2) is 22.3 Å². The van der Waals surface area contributed by atoms with Crippen LogP contribution in [0.25, 0.3) is 11.0 Å². The quantitative estimate of drug-likeness (QED) is 0.414. The number of nitrogens with two attached hydrogens (primary N) is 1. The number of hydrogen-bond donors (Lipinski definition) is 2. The van der Waals surface area contributed by atoms with Gasteiger partial charge in [-0.25, -0.2) is 4.98 Å². The van der Waals surface area contributed by atoms with Gasteiger partial charge >= 0.3 is 0 Å². The minimum Gasteiger partial charge on any atom is -0.494 e. The zero-order chi connectivity index (χ0) is 14.5. The number of benzene rings is 2. The van der Waals surface area contributed by atoms with E-state index in [1.165, 1.54) is 0 Å². The SMILES string of the molecule is Nc1ccc2nc(SCCCOc3ccccc3)[nH]c2c1. The molecule has 1 heterocycles. The lowest BCUT2D eigenvalue weighted by atomic mass is 10.3. The van der Waals surface area contributed by atoms with E-state index in [2.05, 4.69) is 9.97 Å². The van der Waals surface area contributed by atoms with Gasteiger partial charge < -0.3 is 15.5 Å². The Balaban J connectivity index is 1.46. The van der Waals surface area contributed by atoms with E-state index in [0.717, 1.165) is 39.8 Å². The molecule has 1 aromatic heterocycles. The van der Waals surface area contributed by atoms with Crippen molar-refractivity contribution in [2.45, 2.75) is 11.6 Å². The zero-order valence-corrected chi connectivity index (χ0v) is 12.4. The number of thioether (sulfide) groups is 1. The van der Waals surface area contributed by atoms with Crippen molar-refractivity contribution in [1.82, 2.24) is 9.97 Å². The number of H-pyrrole nitrogens is 1. The first-order valence-electron chi connectivity index (χ1n) is 6.87. The van der Waals surface area contributed by atoms with E-state index in [1.54, 1.807) is 11.8 Å². The van der Waals surface area contributed by atoms with Gasteiger partial charge in [0.15, 0.2) is 5.16 Å². The van der Waals surface area contributed by atoms with Crippen LogP contribution in [0.15, 0.2) is 53.7 Å². The van der Waals surface area contributed by atoms with Crippen molar-refractivity contribution in [3.8, 4) is 5.75 Å². The molecule has 3 rings (SSSR count). The maximum Gasteiger partial charge on any atom is 0.166 e. The van der Waals surface area contributed by atoms with Crippen molar-refractivity contribution >= 4 is 28.5 Å². The number of fused-ring (bicyclic) bond motifs is 1. The van der Waals surface area contributed by atoms with E-state index in [9.17, 15) is 0 Å². The minimum atomic E-state index is 0.712. The topological polar surface area (TPSA) is 63.9 Å². The largest absolute Gasteiger partial charge is 0.494 e. The number of aromatic nitrogens is 2. The van der Waals surface area contributed by atoms with Crippen LogP contribution in [-0.2, 0) is 0 Å². The van der Waals surface area contributed by atoms with E-state index >= 15 is 0 Å². The van der Waals surface area contributed by atoms with Gasteiger partial charge in [-0.05, 0) is 36.8 Å². The molecule has 0 aliphatic carbocycles. The third-order valence-electron chi connectivity index (χ3n) is 3.02. The Kier molecular flexibility index (Phi) is 4.31. The summed E-state index contributed by atoms with van der Waals surface area (Å²) in [6, 6.07) is 15.6. The molecule has 0 saturated carbocycles. The molecular formula is C16H17N3OS. The Hall–Kier alpha value is -2.14. The van der Waals surface area contributed by atoms with Crippen LogP contribution in [0.1, 0.15) is 6.42 Å². The maximum atomic E-state index is 5.76. The van der Waals surface area contributed by atoms with Gasteiger partial charge in [0.05, 0.1) is 17.6 Å². The smallest absolute Gasteiger partial charge is 0.166 e. The second kappa shape index (κ2) is 6.54. The van der Waals surface area contributed by atoms with Crippen LogP contribution in [0.2, 0.25) is 0 Å². The summed E-state index contributed by atoms with van der Waals surface area (Å²) in [5.41, 5.74) is 8.44. The third-order valence-corrected chi connectivity index (χ3v) is 3.98. The highest BCUT2D eigenvalue weighted by molar-refractivity contribution is 7.99. The van der Waals surface area contributed by atoms with Gasteiger partial charge in [0.25, 0.3) is 0 Å². The van der Waals surface area contributed by atoms with Gasteiger partial charge in [-0.3, -0.25) is 0 Å². The molecule has 3 aromatic rings. The number of rotatable bonds is 6. The summed E-state index contributed by atoms with van der Waals surface area (Å²) in [6.07, 6.45) is 0.971. The van der Waals surface area contributed by atoms with Crippen LogP contribution >= 0.6 is 11.8 Å². The molecule has 0 atom stereocenters. The molecular weight excluding hydrogens is 282 g/mol. The Morgan fingerprint density at radius 1 is 1.14 bits per heavy atom. The summed E-state index contributed by atoms with van der Waals surface area (Å²) in [6.45, 7) is 0.712. The second-order valence-electron chi connectivity index (χ2n) is 4.68. The van der Waals surface area contributed by atoms with Gasteiger partial charge in [-0.1, -0.05) is 30.0 Å². The summed E-state index contributed by atoms with van der Waals surface area (Å²) in [5, 5.41) is 0.926. The molecule has 0 unspecified atom stereocenters. The van der Waals surface area contributed by atoms with Crippen molar-refractivity contribution in [1.29, 1.82) is 0 Å². The van der Waals surface area contributed by atoms with Gasteiger partial charge in [0, 0.05) is 11.4 Å². The summed E-state index contributed by atoms with van der Waals surface area (Å²) < 4.78 is 5.66. The Morgan fingerprint density at radius 3 is 2.86 bits per heavy atom. The number of nitrogen functional groups attached to an aromatic ring is 1. The number of hydrogen-bond acceptors (Lipinski definition) is 4. The lowest BCUT2D eigenvalue weighted by molar-refractivity contribution is 0.318. The highest BCUT2D eigenvalue weighted by Gasteiger charge is 2.03. The summed E-state index contributed by atoms with van der Waals surface area (Å²) in [5.74, 6) is 1.88. The Bertz CT molecular complexity index is 712. The van der Waals surface area contributed by atoms with E-state index in [-0.39, 0.29) is 0 Å². The minimum absolute atomic E-state index is 0.712. The number of aromatic amines is 1. The molecule has 0 aliphatic heterocycles. The van der Waals surface area contributed by atoms with E-state index < -0.39 is 0 Å². The van der Waals surface area contributed by atoms with Crippen molar-refractivity contribution in [3.63, 3.8) is 0 Å². The molecule has 21 heavy (non-hydrogen) atoms. The molecule has 4 nitrogen and oxygen atoms in total. The average Bonchev–Trinajstić information content (AvgIpc) is 2.90. The van der Waals surface area contributed by atoms with Crippen LogP contribution in [0.3, 0.4) is 0 Å². The molecule has 0 amide bonds. The zero-order valence-electron chi connectivity index (χ0n) is 11.6. The molecule has 0 fully saturated rings. The molecule has 0 aliphatic rings. The van der Waals surface area contributed by atoms with Crippen molar-refractivity contribution in [2.24, 2.45) is 0 Å². The normalized spacial score (nSPS) is 10.9. The van der Waals surface area contributed by atoms with Gasteiger partial charge in [-0.2, -0.15) is 0 Å². The maximum absolute atomic E-state index is 5.76. The molecule has 0 radical (unpaired) electrons. The monoisotopic (exact) mass is 299 g/mol. The van der Waals surface area contributed by atoms with Gasteiger partial charge in [0.2, 0.25) is 0 Å². The van der Waals surface area contributed by atoms with Crippen LogP contribution in [0.5, 0.6) is 5.75 Å². The first kappa shape index (κ1) is 13.8. The Labute approximate surface area is 127 Å². The highest BCUT2D eigenvalue weighted by Crippen LogP contribution is 2.21. The van der Waals surface area contributed by atoms with Crippen molar-refractivity contribution in [2.75, 3.05) is 18.1 Å². The van der Waals surface area contributed by atoms with Crippen molar-refractivity contribution in [3.05, 3.63) is 48.5 Å². The number of nitrogens with one attached hydrogen (secondary N) is 1. The highest BCUT2D eigenvalue weighted by atomic mass is 32.2. The van der Waals surface area contributed by atoms with Gasteiger partial charge in [-0.15, -0.1) is 0 Å². The first-order chi connectivity index (χ1) is 10.3. The summed E-state index contributed by atoms with van der Waals surface area (Å²) in [7, 11) is 0. The van der Waals surface area contributed by atoms with Crippen LogP contribution in [0.4, 0.5) is 5.69 Å². The van der Waals surface area contributed by atoms with Crippen LogP contribution in [0, 0.1) is 0 Å². The molecule has 2 aromatic carbocycles. The fraction of sp³-hybridized carbons (Fsp3) is 0.188. The van der Waals surface area contributed by atoms with Gasteiger partial charge in [0.1, 0.15) is 5.75 Å². The molecule has 0 spiro atoms. The second-order valence-corrected chi connectivity index (χ2v) is 5.77. The number of anilines is 1. The first-order valence-corrected chi connectivity index (χ1v) is 7.86. The lowest BCUT2D eigenvalue weighted by Crippen LogP contribution is -1.98. The standard InChI is InChI=1S/C16H17N3OS/c17-12-7-8-14-15(11-12)19-16(18-14)21-10-4-9-20-13-5-2-1-3-6-13/h1-3,5-8,11H,4,9-10,17H2,(H,18,19). The predicted octanol–water partition coefficient (Wildman–Crippen LogP) is 3.71. The number of nitrogens with zero attached hydrogens (tertiary/aromatic N) is 1. The number of ether oxygens (including phenoxy) is 1. The molecule has 5 heteroatoms. The molecule has 0 bridgehead atoms. The van der Waals surface area contributed by atoms with E-state index in [1.807, 2.05) is 48.5 Å². The van der Waals surface area contributed by atoms with Crippen molar-refractivity contribution < 1.29 is 4.74 Å². The fourth-order valence-corrected chi connectivity index (χ4v) is 2.81. The molecule has 3 N–H and O–H groups in total. The summed E-state index contributed by atoms with van der Waals surface area (Å²) in [4.78, 5) is 7.80. The van der Waals surface area contributed by atoms with Crippen LogP contribution < -0.4 is 10.5 Å². The Morgan fingerprint density at radius 2 is 2.00 bits per heavy atom. The lowest BCUT2D eigenvalue weighted by Gasteiger charge is -2.04. The fourth-order valence-electron chi connectivity index (χ4n) is 2.01. The number of para-hydroxylation sites is 1. The average molecular weight is 299 g/mol. The predicted molar refractivity (Wildman–Crippen MR) is 87.8 cm³/mol. The van der Waals surface area contributed by atoms with E-state index in [0.29, 0.717) is 6.61 Å². The molecule has 0 saturated heterocycles. The number of imidazole rings is 1. The summed E-state index contributed by atoms with van der Waals surface area (Å²) >= 11 is 1.70.